The second-order valence-corrected chi connectivity index (χ2v) is 5.45. The Morgan fingerprint density at radius 2 is 2.18 bits per heavy atom. The number of benzene rings is 1. The van der Waals surface area contributed by atoms with Crippen molar-refractivity contribution in [2.75, 3.05) is 7.05 Å². The first kappa shape index (κ1) is 12.6. The van der Waals surface area contributed by atoms with Crippen LogP contribution in [0, 0.1) is 5.82 Å². The SMILES string of the molecule is CNC(C)c1nnc(-c2ccc(F)c(Br)c2)s1. The van der Waals surface area contributed by atoms with E-state index in [1.165, 1.54) is 17.4 Å². The monoisotopic (exact) mass is 315 g/mol. The molecule has 0 aliphatic carbocycles. The predicted molar refractivity (Wildman–Crippen MR) is 70.5 cm³/mol. The predicted octanol–water partition coefficient (Wildman–Crippen LogP) is 3.39. The van der Waals surface area contributed by atoms with Crippen LogP contribution in [0.3, 0.4) is 0 Å². The van der Waals surface area contributed by atoms with Crippen LogP contribution >= 0.6 is 27.3 Å². The van der Waals surface area contributed by atoms with E-state index in [0.717, 1.165) is 15.6 Å². The minimum atomic E-state index is -0.276. The fourth-order valence-corrected chi connectivity index (χ4v) is 2.56. The van der Waals surface area contributed by atoms with Gasteiger partial charge in [0.1, 0.15) is 15.8 Å². The van der Waals surface area contributed by atoms with Gasteiger partial charge in [-0.05, 0) is 48.1 Å². The summed E-state index contributed by atoms with van der Waals surface area (Å²) in [5.41, 5.74) is 0.866. The lowest BCUT2D eigenvalue weighted by Gasteiger charge is -2.03. The number of hydrogen-bond donors (Lipinski definition) is 1. The molecule has 1 unspecified atom stereocenters. The highest BCUT2D eigenvalue weighted by molar-refractivity contribution is 9.10. The van der Waals surface area contributed by atoms with E-state index >= 15 is 0 Å². The first-order chi connectivity index (χ1) is 8.11. The maximum atomic E-state index is 13.1. The van der Waals surface area contributed by atoms with Crippen LogP contribution in [-0.2, 0) is 0 Å². The molecule has 0 aliphatic rings. The average Bonchev–Trinajstić information content (AvgIpc) is 2.81. The van der Waals surface area contributed by atoms with Gasteiger partial charge in [-0.1, -0.05) is 11.3 Å². The van der Waals surface area contributed by atoms with E-state index in [2.05, 4.69) is 31.4 Å². The Labute approximate surface area is 111 Å². The molecule has 0 bridgehead atoms. The fraction of sp³-hybridized carbons (Fsp3) is 0.273. The van der Waals surface area contributed by atoms with Crippen molar-refractivity contribution in [3.8, 4) is 10.6 Å². The quantitative estimate of drug-likeness (QED) is 0.943. The fourth-order valence-electron chi connectivity index (χ4n) is 1.28. The summed E-state index contributed by atoms with van der Waals surface area (Å²) in [7, 11) is 1.88. The zero-order valence-corrected chi connectivity index (χ0v) is 11.8. The molecular formula is C11H11BrFN3S. The molecule has 1 atom stereocenters. The number of aromatic nitrogens is 2. The molecule has 0 radical (unpaired) electrons. The third-order valence-electron chi connectivity index (χ3n) is 2.41. The second-order valence-electron chi connectivity index (χ2n) is 3.58. The van der Waals surface area contributed by atoms with E-state index in [9.17, 15) is 4.39 Å². The van der Waals surface area contributed by atoms with Crippen molar-refractivity contribution in [1.82, 2.24) is 15.5 Å². The van der Waals surface area contributed by atoms with Crippen molar-refractivity contribution in [3.05, 3.63) is 33.5 Å². The van der Waals surface area contributed by atoms with Crippen LogP contribution in [0.15, 0.2) is 22.7 Å². The van der Waals surface area contributed by atoms with Gasteiger partial charge in [0.2, 0.25) is 0 Å². The Morgan fingerprint density at radius 1 is 1.41 bits per heavy atom. The number of halogens is 2. The molecule has 0 amide bonds. The molecule has 0 saturated heterocycles. The zero-order chi connectivity index (χ0) is 12.4. The van der Waals surface area contributed by atoms with Gasteiger partial charge in [0.15, 0.2) is 0 Å². The third kappa shape index (κ3) is 2.70. The summed E-state index contributed by atoms with van der Waals surface area (Å²) in [6.07, 6.45) is 0. The van der Waals surface area contributed by atoms with Crippen molar-refractivity contribution in [2.45, 2.75) is 13.0 Å². The van der Waals surface area contributed by atoms with E-state index < -0.39 is 0 Å². The van der Waals surface area contributed by atoms with Gasteiger partial charge in [-0.25, -0.2) is 4.39 Å². The molecule has 90 valence electrons. The first-order valence-electron chi connectivity index (χ1n) is 5.08. The molecule has 6 heteroatoms. The lowest BCUT2D eigenvalue weighted by atomic mass is 10.2. The van der Waals surface area contributed by atoms with Gasteiger partial charge in [-0.2, -0.15) is 0 Å². The summed E-state index contributed by atoms with van der Waals surface area (Å²) in [6.45, 7) is 2.02. The van der Waals surface area contributed by atoms with Gasteiger partial charge in [-0.15, -0.1) is 10.2 Å². The van der Waals surface area contributed by atoms with Crippen LogP contribution in [0.2, 0.25) is 0 Å². The van der Waals surface area contributed by atoms with E-state index in [4.69, 9.17) is 0 Å². The van der Waals surface area contributed by atoms with Gasteiger partial charge in [0.05, 0.1) is 10.5 Å². The summed E-state index contributed by atoms with van der Waals surface area (Å²) >= 11 is 4.67. The molecule has 2 rings (SSSR count). The van der Waals surface area contributed by atoms with E-state index in [0.29, 0.717) is 4.47 Å². The van der Waals surface area contributed by atoms with Crippen LogP contribution in [0.1, 0.15) is 18.0 Å². The van der Waals surface area contributed by atoms with Gasteiger partial charge in [0, 0.05) is 5.56 Å². The zero-order valence-electron chi connectivity index (χ0n) is 9.37. The van der Waals surface area contributed by atoms with Crippen LogP contribution < -0.4 is 5.32 Å². The first-order valence-corrected chi connectivity index (χ1v) is 6.69. The standard InChI is InChI=1S/C11H11BrFN3S/c1-6(14-2)10-15-16-11(17-10)7-3-4-9(13)8(12)5-7/h3-6,14H,1-2H3. The molecule has 3 nitrogen and oxygen atoms in total. The minimum absolute atomic E-state index is 0.171. The van der Waals surface area contributed by atoms with E-state index in [1.807, 2.05) is 14.0 Å². The molecule has 0 spiro atoms. The molecule has 2 aromatic rings. The maximum absolute atomic E-state index is 13.1. The van der Waals surface area contributed by atoms with Gasteiger partial charge in [-0.3, -0.25) is 0 Å². The molecule has 17 heavy (non-hydrogen) atoms. The highest BCUT2D eigenvalue weighted by atomic mass is 79.9. The Bertz CT molecular complexity index is 529. The lowest BCUT2D eigenvalue weighted by Crippen LogP contribution is -2.11. The molecule has 1 heterocycles. The van der Waals surface area contributed by atoms with Crippen molar-refractivity contribution >= 4 is 27.3 Å². The van der Waals surface area contributed by atoms with Crippen LogP contribution in [0.5, 0.6) is 0 Å². The molecule has 1 aromatic carbocycles. The normalized spacial score (nSPS) is 12.7. The molecule has 0 fully saturated rings. The van der Waals surface area contributed by atoms with Crippen LogP contribution in [0.25, 0.3) is 10.6 Å². The summed E-state index contributed by atoms with van der Waals surface area (Å²) in [6, 6.07) is 5.00. The summed E-state index contributed by atoms with van der Waals surface area (Å²) in [5, 5.41) is 13.0. The van der Waals surface area contributed by atoms with Gasteiger partial charge in [0.25, 0.3) is 0 Å². The third-order valence-corrected chi connectivity index (χ3v) is 4.17. The minimum Gasteiger partial charge on any atom is -0.311 e. The molecule has 1 aromatic heterocycles. The van der Waals surface area contributed by atoms with Gasteiger partial charge >= 0.3 is 0 Å². The van der Waals surface area contributed by atoms with Crippen molar-refractivity contribution in [1.29, 1.82) is 0 Å². The van der Waals surface area contributed by atoms with Crippen LogP contribution in [-0.4, -0.2) is 17.2 Å². The average molecular weight is 316 g/mol. The van der Waals surface area contributed by atoms with E-state index in [1.54, 1.807) is 12.1 Å². The largest absolute Gasteiger partial charge is 0.311 e. The Kier molecular flexibility index (Phi) is 3.86. The molecule has 0 saturated carbocycles. The second kappa shape index (κ2) is 5.20. The van der Waals surface area contributed by atoms with Crippen LogP contribution in [0.4, 0.5) is 4.39 Å². The number of nitrogens with one attached hydrogen (secondary N) is 1. The Morgan fingerprint density at radius 3 is 2.82 bits per heavy atom. The Hall–Kier alpha value is -0.850. The van der Waals surface area contributed by atoms with E-state index in [-0.39, 0.29) is 11.9 Å². The summed E-state index contributed by atoms with van der Waals surface area (Å²) < 4.78 is 13.6. The summed E-state index contributed by atoms with van der Waals surface area (Å²) in [4.78, 5) is 0. The topological polar surface area (TPSA) is 37.8 Å². The maximum Gasteiger partial charge on any atom is 0.147 e. The van der Waals surface area contributed by atoms with Crippen molar-refractivity contribution in [2.24, 2.45) is 0 Å². The number of nitrogens with zero attached hydrogens (tertiary/aromatic N) is 2. The molecule has 0 aliphatic heterocycles. The number of rotatable bonds is 3. The lowest BCUT2D eigenvalue weighted by molar-refractivity contribution is 0.621. The highest BCUT2D eigenvalue weighted by Gasteiger charge is 2.12. The smallest absolute Gasteiger partial charge is 0.147 e. The highest BCUT2D eigenvalue weighted by Crippen LogP contribution is 2.29. The number of hydrogen-bond acceptors (Lipinski definition) is 4. The van der Waals surface area contributed by atoms with Crippen molar-refractivity contribution < 1.29 is 4.39 Å². The molecule has 1 N–H and O–H groups in total. The molecular weight excluding hydrogens is 305 g/mol. The Balaban J connectivity index is 2.33. The van der Waals surface area contributed by atoms with Gasteiger partial charge < -0.3 is 5.32 Å². The van der Waals surface area contributed by atoms with Crippen molar-refractivity contribution in [3.63, 3.8) is 0 Å². The summed E-state index contributed by atoms with van der Waals surface area (Å²) in [5.74, 6) is -0.276.